The summed E-state index contributed by atoms with van der Waals surface area (Å²) < 4.78 is 0. The Morgan fingerprint density at radius 1 is 1.19 bits per heavy atom. The van der Waals surface area contributed by atoms with E-state index < -0.39 is 17.9 Å². The quantitative estimate of drug-likeness (QED) is 0.706. The molecule has 0 bridgehead atoms. The van der Waals surface area contributed by atoms with Crippen LogP contribution in [0, 0.1) is 0 Å². The fraction of sp³-hybridized carbons (Fsp3) is 0.400. The summed E-state index contributed by atoms with van der Waals surface area (Å²) >= 11 is 0. The van der Waals surface area contributed by atoms with Crippen LogP contribution in [0.2, 0.25) is 0 Å². The van der Waals surface area contributed by atoms with Crippen LogP contribution in [0.4, 0.5) is 0 Å². The zero-order chi connectivity index (χ0) is 15.8. The van der Waals surface area contributed by atoms with Gasteiger partial charge in [-0.15, -0.1) is 0 Å². The molecule has 0 radical (unpaired) electrons. The second-order valence-electron chi connectivity index (χ2n) is 4.76. The van der Waals surface area contributed by atoms with Gasteiger partial charge in [-0.2, -0.15) is 0 Å². The molecular weight excluding hydrogens is 272 g/mol. The van der Waals surface area contributed by atoms with Crippen LogP contribution in [0.25, 0.3) is 0 Å². The van der Waals surface area contributed by atoms with Crippen LogP contribution in [0.3, 0.4) is 0 Å². The number of amides is 2. The van der Waals surface area contributed by atoms with Crippen LogP contribution in [0.15, 0.2) is 24.3 Å². The lowest BCUT2D eigenvalue weighted by Crippen LogP contribution is -2.40. The largest absolute Gasteiger partial charge is 0.480 e. The number of carbonyl (C=O) groups is 3. The standard InChI is InChI=1S/C15H20N2O4/c1-3-4-13(15(20)21)17-14(19)12-7-5-11(6-8-12)9-16-10(2)18/h5-8,13H,3-4,9H2,1-2H3,(H,16,18)(H,17,19)(H,20,21)/t13-/m1/s1. The molecule has 0 aromatic heterocycles. The maximum atomic E-state index is 12.0. The van der Waals surface area contributed by atoms with E-state index in [0.717, 1.165) is 5.56 Å². The van der Waals surface area contributed by atoms with Crippen molar-refractivity contribution in [2.24, 2.45) is 0 Å². The normalized spacial score (nSPS) is 11.5. The lowest BCUT2D eigenvalue weighted by atomic mass is 10.1. The highest BCUT2D eigenvalue weighted by Crippen LogP contribution is 2.06. The number of benzene rings is 1. The van der Waals surface area contributed by atoms with Gasteiger partial charge < -0.3 is 15.7 Å². The SMILES string of the molecule is CCC[C@@H](NC(=O)c1ccc(CNC(C)=O)cc1)C(=O)O. The van der Waals surface area contributed by atoms with Gasteiger partial charge in [0.15, 0.2) is 0 Å². The number of carboxylic acid groups (broad SMARTS) is 1. The fourth-order valence-electron chi connectivity index (χ4n) is 1.79. The number of nitrogens with one attached hydrogen (secondary N) is 2. The maximum Gasteiger partial charge on any atom is 0.326 e. The first-order chi connectivity index (χ1) is 9.93. The summed E-state index contributed by atoms with van der Waals surface area (Å²) in [5.74, 6) is -1.57. The second kappa shape index (κ2) is 8.04. The monoisotopic (exact) mass is 292 g/mol. The summed E-state index contributed by atoms with van der Waals surface area (Å²) in [4.78, 5) is 33.8. The molecule has 114 valence electrons. The van der Waals surface area contributed by atoms with Crippen molar-refractivity contribution in [2.45, 2.75) is 39.3 Å². The molecule has 0 aliphatic rings. The molecule has 6 heteroatoms. The molecule has 0 aliphatic heterocycles. The summed E-state index contributed by atoms with van der Waals surface area (Å²) in [7, 11) is 0. The zero-order valence-electron chi connectivity index (χ0n) is 12.2. The van der Waals surface area contributed by atoms with Crippen LogP contribution >= 0.6 is 0 Å². The Morgan fingerprint density at radius 3 is 2.29 bits per heavy atom. The lowest BCUT2D eigenvalue weighted by Gasteiger charge is -2.13. The lowest BCUT2D eigenvalue weighted by molar-refractivity contribution is -0.139. The van der Waals surface area contributed by atoms with Gasteiger partial charge in [0.05, 0.1) is 0 Å². The minimum Gasteiger partial charge on any atom is -0.480 e. The topological polar surface area (TPSA) is 95.5 Å². The van der Waals surface area contributed by atoms with Gasteiger partial charge in [0.25, 0.3) is 5.91 Å². The molecule has 1 rings (SSSR count). The van der Waals surface area contributed by atoms with Crippen LogP contribution in [-0.2, 0) is 16.1 Å². The molecule has 21 heavy (non-hydrogen) atoms. The van der Waals surface area contributed by atoms with Crippen molar-refractivity contribution in [3.63, 3.8) is 0 Å². The Bertz CT molecular complexity index is 511. The summed E-state index contributed by atoms with van der Waals surface area (Å²) in [5, 5.41) is 14.2. The van der Waals surface area contributed by atoms with E-state index in [1.165, 1.54) is 6.92 Å². The summed E-state index contributed by atoms with van der Waals surface area (Å²) in [6.07, 6.45) is 1.06. The fourth-order valence-corrected chi connectivity index (χ4v) is 1.79. The number of aliphatic carboxylic acids is 1. The summed E-state index contributed by atoms with van der Waals surface area (Å²) in [6, 6.07) is 5.79. The maximum absolute atomic E-state index is 12.0. The third-order valence-corrected chi connectivity index (χ3v) is 2.94. The Labute approximate surface area is 123 Å². The van der Waals surface area contributed by atoms with E-state index >= 15 is 0 Å². The first-order valence-corrected chi connectivity index (χ1v) is 6.81. The summed E-state index contributed by atoms with van der Waals surface area (Å²) in [5.41, 5.74) is 1.26. The van der Waals surface area contributed by atoms with E-state index in [-0.39, 0.29) is 5.91 Å². The Balaban J connectivity index is 2.65. The van der Waals surface area contributed by atoms with Crippen molar-refractivity contribution in [3.05, 3.63) is 35.4 Å². The highest BCUT2D eigenvalue weighted by atomic mass is 16.4. The Kier molecular flexibility index (Phi) is 6.39. The Morgan fingerprint density at radius 2 is 1.81 bits per heavy atom. The van der Waals surface area contributed by atoms with Crippen molar-refractivity contribution >= 4 is 17.8 Å². The first-order valence-electron chi connectivity index (χ1n) is 6.81. The minimum atomic E-state index is -1.03. The van der Waals surface area contributed by atoms with Gasteiger partial charge in [0.2, 0.25) is 5.91 Å². The molecule has 0 fully saturated rings. The first kappa shape index (κ1) is 16.7. The molecular formula is C15H20N2O4. The van der Waals surface area contributed by atoms with Gasteiger partial charge in [0, 0.05) is 19.0 Å². The average molecular weight is 292 g/mol. The van der Waals surface area contributed by atoms with Crippen molar-refractivity contribution in [1.29, 1.82) is 0 Å². The minimum absolute atomic E-state index is 0.124. The third kappa shape index (κ3) is 5.64. The molecule has 2 amide bonds. The smallest absolute Gasteiger partial charge is 0.326 e. The molecule has 0 unspecified atom stereocenters. The number of rotatable bonds is 7. The molecule has 0 aliphatic carbocycles. The number of hydrogen-bond donors (Lipinski definition) is 3. The molecule has 1 aromatic carbocycles. The number of carboxylic acids is 1. The Hall–Kier alpha value is -2.37. The molecule has 0 spiro atoms. The number of carbonyl (C=O) groups excluding carboxylic acids is 2. The van der Waals surface area contributed by atoms with E-state index in [0.29, 0.717) is 24.9 Å². The molecule has 0 heterocycles. The van der Waals surface area contributed by atoms with Gasteiger partial charge in [-0.05, 0) is 24.1 Å². The van der Waals surface area contributed by atoms with Gasteiger partial charge in [-0.1, -0.05) is 25.5 Å². The van der Waals surface area contributed by atoms with E-state index in [1.54, 1.807) is 24.3 Å². The predicted molar refractivity (Wildman–Crippen MR) is 77.8 cm³/mol. The average Bonchev–Trinajstić information content (AvgIpc) is 2.45. The van der Waals surface area contributed by atoms with E-state index in [4.69, 9.17) is 5.11 Å². The van der Waals surface area contributed by atoms with Gasteiger partial charge in [-0.3, -0.25) is 9.59 Å². The second-order valence-corrected chi connectivity index (χ2v) is 4.76. The highest BCUT2D eigenvalue weighted by molar-refractivity contribution is 5.96. The van der Waals surface area contributed by atoms with Gasteiger partial charge in [-0.25, -0.2) is 4.79 Å². The highest BCUT2D eigenvalue weighted by Gasteiger charge is 2.19. The van der Waals surface area contributed by atoms with Crippen LogP contribution in [0.1, 0.15) is 42.6 Å². The van der Waals surface area contributed by atoms with Crippen LogP contribution in [0.5, 0.6) is 0 Å². The van der Waals surface area contributed by atoms with E-state index in [1.807, 2.05) is 6.92 Å². The predicted octanol–water partition coefficient (Wildman–Crippen LogP) is 1.31. The van der Waals surface area contributed by atoms with Crippen LogP contribution < -0.4 is 10.6 Å². The van der Waals surface area contributed by atoms with E-state index in [2.05, 4.69) is 10.6 Å². The molecule has 0 saturated heterocycles. The zero-order valence-corrected chi connectivity index (χ0v) is 12.2. The van der Waals surface area contributed by atoms with Crippen molar-refractivity contribution in [2.75, 3.05) is 0 Å². The van der Waals surface area contributed by atoms with Gasteiger partial charge >= 0.3 is 5.97 Å². The molecule has 3 N–H and O–H groups in total. The van der Waals surface area contributed by atoms with Gasteiger partial charge in [0.1, 0.15) is 6.04 Å². The van der Waals surface area contributed by atoms with Crippen molar-refractivity contribution in [3.8, 4) is 0 Å². The molecule has 6 nitrogen and oxygen atoms in total. The molecule has 0 saturated carbocycles. The summed E-state index contributed by atoms with van der Waals surface area (Å²) in [6.45, 7) is 3.69. The molecule has 1 aromatic rings. The van der Waals surface area contributed by atoms with Crippen molar-refractivity contribution in [1.82, 2.24) is 10.6 Å². The molecule has 1 atom stereocenters. The third-order valence-electron chi connectivity index (χ3n) is 2.94. The number of hydrogen-bond acceptors (Lipinski definition) is 3. The van der Waals surface area contributed by atoms with Crippen molar-refractivity contribution < 1.29 is 19.5 Å². The van der Waals surface area contributed by atoms with E-state index in [9.17, 15) is 14.4 Å². The van der Waals surface area contributed by atoms with Crippen LogP contribution in [-0.4, -0.2) is 28.9 Å².